The molecule has 6 nitrogen and oxygen atoms in total. The Labute approximate surface area is 187 Å². The number of nitrogens with one attached hydrogen (secondary N) is 1. The third-order valence-corrected chi connectivity index (χ3v) is 4.90. The average molecular weight is 446 g/mol. The zero-order valence-corrected chi connectivity index (χ0v) is 18.9. The number of halogens is 1. The molecule has 0 heterocycles. The Bertz CT molecular complexity index is 955. The third kappa shape index (κ3) is 7.42. The van der Waals surface area contributed by atoms with Crippen molar-refractivity contribution in [3.63, 3.8) is 0 Å². The lowest BCUT2D eigenvalue weighted by molar-refractivity contribution is -0.153. The molecule has 0 aliphatic rings. The Morgan fingerprint density at radius 2 is 1.90 bits per heavy atom. The molecule has 0 bridgehead atoms. The van der Waals surface area contributed by atoms with E-state index in [1.807, 2.05) is 24.3 Å². The summed E-state index contributed by atoms with van der Waals surface area (Å²) < 4.78 is 10.9. The lowest BCUT2D eigenvalue weighted by Crippen LogP contribution is -2.29. The minimum atomic E-state index is -1.01. The maximum absolute atomic E-state index is 12.5. The van der Waals surface area contributed by atoms with Crippen LogP contribution in [0.25, 0.3) is 6.08 Å². The largest absolute Gasteiger partial charge is 0.496 e. The van der Waals surface area contributed by atoms with E-state index in [0.717, 1.165) is 16.7 Å². The Hall–Kier alpha value is -2.83. The van der Waals surface area contributed by atoms with Crippen molar-refractivity contribution < 1.29 is 24.2 Å². The van der Waals surface area contributed by atoms with Gasteiger partial charge in [-0.1, -0.05) is 41.9 Å². The first-order chi connectivity index (χ1) is 14.7. The fraction of sp³-hybridized carbons (Fsp3) is 0.333. The second-order valence-corrected chi connectivity index (χ2v) is 7.80. The fourth-order valence-electron chi connectivity index (χ4n) is 3.04. The van der Waals surface area contributed by atoms with Gasteiger partial charge in [0, 0.05) is 29.1 Å². The maximum atomic E-state index is 12.5. The molecule has 7 heteroatoms. The first-order valence-corrected chi connectivity index (χ1v) is 10.3. The highest BCUT2D eigenvalue weighted by atomic mass is 35.5. The van der Waals surface area contributed by atoms with Crippen molar-refractivity contribution in [2.24, 2.45) is 0 Å². The molecular weight excluding hydrogens is 418 g/mol. The van der Waals surface area contributed by atoms with Crippen molar-refractivity contribution in [3.8, 4) is 5.75 Å². The number of aliphatic carboxylic acids is 1. The average Bonchev–Trinajstić information content (AvgIpc) is 2.72. The van der Waals surface area contributed by atoms with E-state index in [2.05, 4.69) is 5.32 Å². The van der Waals surface area contributed by atoms with Crippen LogP contribution in [0.1, 0.15) is 37.5 Å². The molecule has 1 atom stereocenters. The van der Waals surface area contributed by atoms with Gasteiger partial charge in [0.2, 0.25) is 5.91 Å². The molecule has 31 heavy (non-hydrogen) atoms. The Morgan fingerprint density at radius 3 is 2.52 bits per heavy atom. The van der Waals surface area contributed by atoms with Crippen LogP contribution < -0.4 is 10.1 Å². The van der Waals surface area contributed by atoms with Crippen LogP contribution in [0.4, 0.5) is 0 Å². The molecule has 0 saturated heterocycles. The number of carboxylic acids is 1. The standard InChI is InChI=1S/C24H28ClNO5/c1-15(2)31-22(24(28)29)13-17-9-10-21(30-4)19(12-17)14-26-23(27)16(3)11-18-7-5-6-8-20(18)25/h5-12,15,22H,13-14H2,1-4H3,(H,26,27)(H,28,29)/b16-11+. The van der Waals surface area contributed by atoms with Crippen molar-refractivity contribution in [2.75, 3.05) is 7.11 Å². The van der Waals surface area contributed by atoms with Gasteiger partial charge in [-0.2, -0.15) is 0 Å². The van der Waals surface area contributed by atoms with Crippen LogP contribution in [0.2, 0.25) is 5.02 Å². The summed E-state index contributed by atoms with van der Waals surface area (Å²) in [7, 11) is 1.55. The highest BCUT2D eigenvalue weighted by Gasteiger charge is 2.21. The summed E-state index contributed by atoms with van der Waals surface area (Å²) >= 11 is 6.15. The predicted molar refractivity (Wildman–Crippen MR) is 121 cm³/mol. The van der Waals surface area contributed by atoms with E-state index in [4.69, 9.17) is 21.1 Å². The first-order valence-electron chi connectivity index (χ1n) is 9.96. The highest BCUT2D eigenvalue weighted by molar-refractivity contribution is 6.32. The molecule has 0 spiro atoms. The second kappa shape index (κ2) is 11.5. The van der Waals surface area contributed by atoms with Crippen molar-refractivity contribution in [3.05, 3.63) is 69.8 Å². The van der Waals surface area contributed by atoms with Gasteiger partial charge < -0.3 is 19.9 Å². The Morgan fingerprint density at radius 1 is 1.19 bits per heavy atom. The predicted octanol–water partition coefficient (Wildman–Crippen LogP) is 4.49. The molecule has 2 rings (SSSR count). The molecule has 1 unspecified atom stereocenters. The van der Waals surface area contributed by atoms with E-state index < -0.39 is 12.1 Å². The number of carboxylic acid groups (broad SMARTS) is 1. The van der Waals surface area contributed by atoms with Gasteiger partial charge in [-0.15, -0.1) is 0 Å². The van der Waals surface area contributed by atoms with E-state index in [1.165, 1.54) is 0 Å². The molecule has 2 N–H and O–H groups in total. The normalized spacial score (nSPS) is 12.5. The van der Waals surface area contributed by atoms with E-state index in [9.17, 15) is 14.7 Å². The van der Waals surface area contributed by atoms with Gasteiger partial charge in [-0.05, 0) is 50.1 Å². The van der Waals surface area contributed by atoms with Crippen LogP contribution in [0.5, 0.6) is 5.75 Å². The lowest BCUT2D eigenvalue weighted by Gasteiger charge is -2.18. The molecule has 0 aliphatic carbocycles. The minimum Gasteiger partial charge on any atom is -0.496 e. The number of amides is 1. The Kier molecular flexibility index (Phi) is 9.09. The molecule has 0 fully saturated rings. The van der Waals surface area contributed by atoms with Crippen molar-refractivity contribution in [1.82, 2.24) is 5.32 Å². The Balaban J connectivity index is 2.13. The smallest absolute Gasteiger partial charge is 0.333 e. The lowest BCUT2D eigenvalue weighted by atomic mass is 10.0. The molecule has 0 radical (unpaired) electrons. The van der Waals surface area contributed by atoms with Gasteiger partial charge in [0.05, 0.1) is 13.2 Å². The van der Waals surface area contributed by atoms with Gasteiger partial charge >= 0.3 is 5.97 Å². The number of benzene rings is 2. The molecule has 166 valence electrons. The van der Waals surface area contributed by atoms with Crippen molar-refractivity contribution in [1.29, 1.82) is 0 Å². The molecule has 1 amide bonds. The SMILES string of the molecule is COc1ccc(CC(OC(C)C)C(=O)O)cc1CNC(=O)/C(C)=C/c1ccccc1Cl. The van der Waals surface area contributed by atoms with Crippen LogP contribution in [-0.4, -0.2) is 36.3 Å². The summed E-state index contributed by atoms with van der Waals surface area (Å²) in [5.41, 5.74) is 2.80. The fourth-order valence-corrected chi connectivity index (χ4v) is 3.23. The monoisotopic (exact) mass is 445 g/mol. The van der Waals surface area contributed by atoms with Crippen LogP contribution in [0.15, 0.2) is 48.0 Å². The number of hydrogen-bond acceptors (Lipinski definition) is 4. The molecule has 0 saturated carbocycles. The van der Waals surface area contributed by atoms with Gasteiger partial charge in [-0.3, -0.25) is 4.79 Å². The van der Waals surface area contributed by atoms with Crippen molar-refractivity contribution in [2.45, 2.75) is 45.9 Å². The van der Waals surface area contributed by atoms with Gasteiger partial charge in [0.1, 0.15) is 5.75 Å². The highest BCUT2D eigenvalue weighted by Crippen LogP contribution is 2.22. The number of carbonyl (C=O) groups is 2. The van der Waals surface area contributed by atoms with Gasteiger partial charge in [-0.25, -0.2) is 4.79 Å². The second-order valence-electron chi connectivity index (χ2n) is 7.39. The van der Waals surface area contributed by atoms with Crippen LogP contribution >= 0.6 is 11.6 Å². The summed E-state index contributed by atoms with van der Waals surface area (Å²) in [5.74, 6) is -0.646. The summed E-state index contributed by atoms with van der Waals surface area (Å²) in [6.45, 7) is 5.53. The summed E-state index contributed by atoms with van der Waals surface area (Å²) in [6.07, 6.45) is 0.790. The number of hydrogen-bond donors (Lipinski definition) is 2. The minimum absolute atomic E-state index is 0.203. The zero-order valence-electron chi connectivity index (χ0n) is 18.1. The van der Waals surface area contributed by atoms with E-state index in [1.54, 1.807) is 52.2 Å². The number of methoxy groups -OCH3 is 1. The summed E-state index contributed by atoms with van der Waals surface area (Å²) in [5, 5.41) is 12.8. The topological polar surface area (TPSA) is 84.9 Å². The summed E-state index contributed by atoms with van der Waals surface area (Å²) in [4.78, 5) is 24.0. The molecule has 2 aromatic carbocycles. The molecular formula is C24H28ClNO5. The third-order valence-electron chi connectivity index (χ3n) is 4.55. The van der Waals surface area contributed by atoms with Crippen molar-refractivity contribution >= 4 is 29.6 Å². The molecule has 0 aromatic heterocycles. The molecule has 0 aliphatic heterocycles. The van der Waals surface area contributed by atoms with E-state index >= 15 is 0 Å². The van der Waals surface area contributed by atoms with E-state index in [0.29, 0.717) is 16.3 Å². The number of rotatable bonds is 10. The van der Waals surface area contributed by atoms with Gasteiger partial charge in [0.25, 0.3) is 0 Å². The maximum Gasteiger partial charge on any atom is 0.333 e. The zero-order chi connectivity index (χ0) is 23.0. The first kappa shape index (κ1) is 24.4. The van der Waals surface area contributed by atoms with Gasteiger partial charge in [0.15, 0.2) is 6.10 Å². The van der Waals surface area contributed by atoms with E-state index in [-0.39, 0.29) is 25.0 Å². The summed E-state index contributed by atoms with van der Waals surface area (Å²) in [6, 6.07) is 12.7. The number of ether oxygens (including phenoxy) is 2. The van der Waals surface area contributed by atoms with Crippen LogP contribution in [-0.2, 0) is 27.3 Å². The van der Waals surface area contributed by atoms with Crippen LogP contribution in [0, 0.1) is 0 Å². The number of carbonyl (C=O) groups excluding carboxylic acids is 1. The quantitative estimate of drug-likeness (QED) is 0.526. The van der Waals surface area contributed by atoms with Crippen LogP contribution in [0.3, 0.4) is 0 Å². The molecule has 2 aromatic rings.